The van der Waals surface area contributed by atoms with Crippen molar-refractivity contribution in [2.24, 2.45) is 0 Å². The SMILES string of the molecule is CC1(C)OB(c2cc(-c3ccccc3)cc(-n3c4ccccc4c4ccccc43)c2)OC1(C)C. The van der Waals surface area contributed by atoms with Gasteiger partial charge in [-0.1, -0.05) is 72.8 Å². The molecule has 3 nitrogen and oxygen atoms in total. The van der Waals surface area contributed by atoms with Crippen LogP contribution in [0.5, 0.6) is 0 Å². The molecule has 0 N–H and O–H groups in total. The van der Waals surface area contributed by atoms with Crippen molar-refractivity contribution in [3.8, 4) is 16.8 Å². The van der Waals surface area contributed by atoms with Crippen LogP contribution in [0.25, 0.3) is 38.6 Å². The standard InChI is InChI=1S/C30H28BNO2/c1-29(2)30(3,4)34-31(33-29)23-18-22(21-12-6-5-7-13-21)19-24(20-23)32-27-16-10-8-14-25(27)26-15-9-11-17-28(26)32/h5-20H,1-4H3. The number of para-hydroxylation sites is 2. The van der Waals surface area contributed by atoms with Gasteiger partial charge in [-0.15, -0.1) is 0 Å². The summed E-state index contributed by atoms with van der Waals surface area (Å²) < 4.78 is 15.3. The van der Waals surface area contributed by atoms with Crippen molar-refractivity contribution in [1.82, 2.24) is 4.57 Å². The molecule has 0 atom stereocenters. The van der Waals surface area contributed by atoms with Crippen LogP contribution in [0.4, 0.5) is 0 Å². The Morgan fingerprint density at radius 2 is 1.12 bits per heavy atom. The summed E-state index contributed by atoms with van der Waals surface area (Å²) in [7, 11) is -0.430. The maximum absolute atomic E-state index is 6.46. The van der Waals surface area contributed by atoms with Gasteiger partial charge in [0.1, 0.15) is 0 Å². The van der Waals surface area contributed by atoms with Crippen molar-refractivity contribution in [3.63, 3.8) is 0 Å². The number of nitrogens with zero attached hydrogens (tertiary/aromatic N) is 1. The van der Waals surface area contributed by atoms with E-state index in [-0.39, 0.29) is 0 Å². The molecule has 0 saturated carbocycles. The van der Waals surface area contributed by atoms with Crippen LogP contribution >= 0.6 is 0 Å². The largest absolute Gasteiger partial charge is 0.494 e. The van der Waals surface area contributed by atoms with Crippen molar-refractivity contribution < 1.29 is 9.31 Å². The highest BCUT2D eigenvalue weighted by Crippen LogP contribution is 2.38. The summed E-state index contributed by atoms with van der Waals surface area (Å²) in [5, 5.41) is 2.50. The van der Waals surface area contributed by atoms with E-state index in [4.69, 9.17) is 9.31 Å². The normalized spacial score (nSPS) is 17.0. The van der Waals surface area contributed by atoms with Gasteiger partial charge in [-0.05, 0) is 68.6 Å². The first-order valence-corrected chi connectivity index (χ1v) is 11.9. The Labute approximate surface area is 201 Å². The molecule has 168 valence electrons. The Kier molecular flexibility index (Phi) is 4.74. The third-order valence-corrected chi connectivity index (χ3v) is 7.41. The summed E-state index contributed by atoms with van der Waals surface area (Å²) in [6.45, 7) is 8.40. The molecule has 0 amide bonds. The lowest BCUT2D eigenvalue weighted by molar-refractivity contribution is 0.00578. The van der Waals surface area contributed by atoms with E-state index in [0.717, 1.165) is 16.7 Å². The molecule has 5 aromatic rings. The lowest BCUT2D eigenvalue weighted by atomic mass is 9.77. The number of benzene rings is 4. The molecule has 1 saturated heterocycles. The van der Waals surface area contributed by atoms with Crippen molar-refractivity contribution in [2.75, 3.05) is 0 Å². The molecule has 34 heavy (non-hydrogen) atoms. The summed E-state index contributed by atoms with van der Waals surface area (Å²) in [4.78, 5) is 0. The van der Waals surface area contributed by atoms with Crippen LogP contribution in [-0.2, 0) is 9.31 Å². The molecule has 4 heteroatoms. The second-order valence-electron chi connectivity index (χ2n) is 10.1. The van der Waals surface area contributed by atoms with E-state index in [1.807, 2.05) is 0 Å². The van der Waals surface area contributed by atoms with Crippen LogP contribution in [0.2, 0.25) is 0 Å². The molecule has 0 bridgehead atoms. The Balaban J connectivity index is 1.61. The summed E-state index contributed by atoms with van der Waals surface area (Å²) >= 11 is 0. The average Bonchev–Trinajstić information content (AvgIpc) is 3.29. The van der Waals surface area contributed by atoms with Crippen molar-refractivity contribution in [3.05, 3.63) is 97.1 Å². The summed E-state index contributed by atoms with van der Waals surface area (Å²) in [6.07, 6.45) is 0. The van der Waals surface area contributed by atoms with E-state index in [0.29, 0.717) is 0 Å². The first-order valence-electron chi connectivity index (χ1n) is 11.9. The van der Waals surface area contributed by atoms with Gasteiger partial charge in [0.05, 0.1) is 22.2 Å². The molecule has 0 spiro atoms. The summed E-state index contributed by atoms with van der Waals surface area (Å²) in [6, 6.07) is 34.4. The maximum atomic E-state index is 6.46. The minimum absolute atomic E-state index is 0.395. The fourth-order valence-corrected chi connectivity index (χ4v) is 4.88. The van der Waals surface area contributed by atoms with Gasteiger partial charge in [-0.25, -0.2) is 0 Å². The van der Waals surface area contributed by atoms with Gasteiger partial charge in [0.2, 0.25) is 0 Å². The molecule has 2 heterocycles. The van der Waals surface area contributed by atoms with Crippen LogP contribution in [0, 0.1) is 0 Å². The van der Waals surface area contributed by atoms with E-state index >= 15 is 0 Å². The highest BCUT2D eigenvalue weighted by atomic mass is 16.7. The molecule has 4 aromatic carbocycles. The van der Waals surface area contributed by atoms with Gasteiger partial charge in [0.15, 0.2) is 0 Å². The molecule has 1 aromatic heterocycles. The zero-order valence-electron chi connectivity index (χ0n) is 20.1. The number of fused-ring (bicyclic) bond motifs is 3. The lowest BCUT2D eigenvalue weighted by Gasteiger charge is -2.32. The van der Waals surface area contributed by atoms with E-state index in [9.17, 15) is 0 Å². The molecular formula is C30H28BNO2. The highest BCUT2D eigenvalue weighted by Gasteiger charge is 2.51. The fraction of sp³-hybridized carbons (Fsp3) is 0.200. The third kappa shape index (κ3) is 3.29. The summed E-state index contributed by atoms with van der Waals surface area (Å²) in [5.41, 5.74) is 6.02. The molecule has 1 aliphatic rings. The van der Waals surface area contributed by atoms with Crippen LogP contribution in [0.1, 0.15) is 27.7 Å². The van der Waals surface area contributed by atoms with Gasteiger partial charge >= 0.3 is 7.12 Å². The van der Waals surface area contributed by atoms with Gasteiger partial charge in [-0.3, -0.25) is 0 Å². The van der Waals surface area contributed by atoms with E-state index in [1.54, 1.807) is 0 Å². The number of aromatic nitrogens is 1. The van der Waals surface area contributed by atoms with Crippen molar-refractivity contribution in [2.45, 2.75) is 38.9 Å². The molecule has 1 fully saturated rings. The van der Waals surface area contributed by atoms with Crippen LogP contribution in [0.15, 0.2) is 97.1 Å². The first-order chi connectivity index (χ1) is 16.3. The van der Waals surface area contributed by atoms with Crippen LogP contribution in [0.3, 0.4) is 0 Å². The zero-order chi connectivity index (χ0) is 23.5. The first kappa shape index (κ1) is 21.2. The van der Waals surface area contributed by atoms with E-state index in [2.05, 4.69) is 129 Å². The summed E-state index contributed by atoms with van der Waals surface area (Å²) in [5.74, 6) is 0. The smallest absolute Gasteiger partial charge is 0.399 e. The molecule has 6 rings (SSSR count). The minimum atomic E-state index is -0.430. The topological polar surface area (TPSA) is 23.4 Å². The van der Waals surface area contributed by atoms with Crippen molar-refractivity contribution >= 4 is 34.4 Å². The Bertz CT molecular complexity index is 1450. The van der Waals surface area contributed by atoms with Gasteiger partial charge in [0.25, 0.3) is 0 Å². The minimum Gasteiger partial charge on any atom is -0.399 e. The monoisotopic (exact) mass is 445 g/mol. The molecular weight excluding hydrogens is 417 g/mol. The van der Waals surface area contributed by atoms with Crippen LogP contribution < -0.4 is 5.46 Å². The van der Waals surface area contributed by atoms with Crippen molar-refractivity contribution in [1.29, 1.82) is 0 Å². The second-order valence-corrected chi connectivity index (χ2v) is 10.1. The second kappa shape index (κ2) is 7.59. The Morgan fingerprint density at radius 1 is 0.588 bits per heavy atom. The zero-order valence-corrected chi connectivity index (χ0v) is 20.1. The number of rotatable bonds is 3. The predicted octanol–water partition coefficient (Wildman–Crippen LogP) is 6.75. The van der Waals surface area contributed by atoms with Gasteiger partial charge in [0, 0.05) is 16.5 Å². The number of hydrogen-bond donors (Lipinski definition) is 0. The molecule has 1 aliphatic heterocycles. The highest BCUT2D eigenvalue weighted by molar-refractivity contribution is 6.62. The molecule has 0 unspecified atom stereocenters. The van der Waals surface area contributed by atoms with Gasteiger partial charge < -0.3 is 13.9 Å². The molecule has 0 aliphatic carbocycles. The van der Waals surface area contributed by atoms with E-state index in [1.165, 1.54) is 27.4 Å². The molecule has 0 radical (unpaired) electrons. The van der Waals surface area contributed by atoms with E-state index < -0.39 is 18.3 Å². The lowest BCUT2D eigenvalue weighted by Crippen LogP contribution is -2.41. The quantitative estimate of drug-likeness (QED) is 0.287. The van der Waals surface area contributed by atoms with Gasteiger partial charge in [-0.2, -0.15) is 0 Å². The maximum Gasteiger partial charge on any atom is 0.494 e. The Morgan fingerprint density at radius 3 is 1.71 bits per heavy atom. The number of hydrogen-bond acceptors (Lipinski definition) is 2. The third-order valence-electron chi connectivity index (χ3n) is 7.41. The fourth-order valence-electron chi connectivity index (χ4n) is 4.88. The Hall–Kier alpha value is -3.34. The average molecular weight is 445 g/mol. The predicted molar refractivity (Wildman–Crippen MR) is 142 cm³/mol. The van der Waals surface area contributed by atoms with Crippen LogP contribution in [-0.4, -0.2) is 22.9 Å².